The molecule has 19 heavy (non-hydrogen) atoms. The number of hydrogen-bond acceptors (Lipinski definition) is 4. The third kappa shape index (κ3) is 3.21. The second kappa shape index (κ2) is 5.99. The molecule has 0 unspecified atom stereocenters. The lowest BCUT2D eigenvalue weighted by Gasteiger charge is -2.04. The minimum absolute atomic E-state index is 0.0852. The van der Waals surface area contributed by atoms with Crippen LogP contribution >= 0.6 is 27.7 Å². The zero-order chi connectivity index (χ0) is 13.8. The smallest absolute Gasteiger partial charge is 0.279 e. The molecule has 0 fully saturated rings. The molecule has 0 aliphatic rings. The van der Waals surface area contributed by atoms with Gasteiger partial charge in [-0.25, -0.2) is 0 Å². The number of nitro groups is 1. The fraction of sp³-hybridized carbons (Fsp3) is 0. The number of carbonyl (C=O) groups is 1. The van der Waals surface area contributed by atoms with Crippen LogP contribution in [0.5, 0.6) is 0 Å². The van der Waals surface area contributed by atoms with E-state index in [9.17, 15) is 14.9 Å². The molecular weight excluding hydrogens is 330 g/mol. The van der Waals surface area contributed by atoms with Gasteiger partial charge in [0.1, 0.15) is 0 Å². The van der Waals surface area contributed by atoms with E-state index in [1.54, 1.807) is 6.07 Å². The summed E-state index contributed by atoms with van der Waals surface area (Å²) < 4.78 is 0.936. The normalized spacial score (nSPS) is 10.2. The third-order valence-corrected chi connectivity index (χ3v) is 4.41. The Bertz CT molecular complexity index is 646. The third-order valence-electron chi connectivity index (χ3n) is 2.39. The summed E-state index contributed by atoms with van der Waals surface area (Å²) in [5.41, 5.74) is -0.0893. The van der Waals surface area contributed by atoms with Gasteiger partial charge in [-0.3, -0.25) is 14.9 Å². The fourth-order valence-corrected chi connectivity index (χ4v) is 2.93. The van der Waals surface area contributed by atoms with Crippen molar-refractivity contribution in [2.24, 2.45) is 0 Å². The number of halogens is 1. The molecule has 0 aromatic heterocycles. The van der Waals surface area contributed by atoms with E-state index >= 15 is 0 Å². The van der Waals surface area contributed by atoms with Gasteiger partial charge in [0.25, 0.3) is 5.69 Å². The monoisotopic (exact) mass is 337 g/mol. The number of benzene rings is 2. The highest BCUT2D eigenvalue weighted by molar-refractivity contribution is 9.10. The van der Waals surface area contributed by atoms with E-state index in [0.717, 1.165) is 14.3 Å². The number of carbonyl (C=O) groups excluding carboxylic acids is 1. The second-order valence-electron chi connectivity index (χ2n) is 3.63. The van der Waals surface area contributed by atoms with Crippen LogP contribution in [0, 0.1) is 10.1 Å². The molecule has 2 aromatic rings. The fourth-order valence-electron chi connectivity index (χ4n) is 1.51. The maximum absolute atomic E-state index is 10.9. The molecule has 0 N–H and O–H groups in total. The highest BCUT2D eigenvalue weighted by Gasteiger charge is 2.14. The van der Waals surface area contributed by atoms with Gasteiger partial charge >= 0.3 is 0 Å². The Labute approximate surface area is 122 Å². The van der Waals surface area contributed by atoms with Crippen molar-refractivity contribution in [2.45, 2.75) is 9.79 Å². The van der Waals surface area contributed by atoms with Gasteiger partial charge in [0.15, 0.2) is 6.29 Å². The first kappa shape index (κ1) is 13.8. The molecule has 0 heterocycles. The Morgan fingerprint density at radius 2 is 1.95 bits per heavy atom. The Morgan fingerprint density at radius 3 is 2.58 bits per heavy atom. The molecule has 0 saturated heterocycles. The number of nitrogens with zero attached hydrogens (tertiary/aromatic N) is 1. The molecule has 0 spiro atoms. The molecule has 0 bridgehead atoms. The first-order valence-electron chi connectivity index (χ1n) is 5.28. The van der Waals surface area contributed by atoms with Crippen molar-refractivity contribution in [1.29, 1.82) is 0 Å². The summed E-state index contributed by atoms with van der Waals surface area (Å²) in [6, 6.07) is 12.2. The van der Waals surface area contributed by atoms with Crippen molar-refractivity contribution in [1.82, 2.24) is 0 Å². The lowest BCUT2D eigenvalue weighted by atomic mass is 10.2. The van der Waals surface area contributed by atoms with Crippen molar-refractivity contribution in [3.05, 3.63) is 62.6 Å². The van der Waals surface area contributed by atoms with E-state index in [4.69, 9.17) is 0 Å². The van der Waals surface area contributed by atoms with E-state index in [0.29, 0.717) is 6.29 Å². The maximum Gasteiger partial charge on any atom is 0.279 e. The van der Waals surface area contributed by atoms with Gasteiger partial charge in [-0.15, -0.1) is 0 Å². The molecule has 6 heteroatoms. The molecule has 96 valence electrons. The number of hydrogen-bond donors (Lipinski definition) is 0. The molecule has 0 amide bonds. The molecule has 2 rings (SSSR count). The Kier molecular flexibility index (Phi) is 4.34. The summed E-state index contributed by atoms with van der Waals surface area (Å²) in [4.78, 5) is 22.8. The molecule has 0 aliphatic heterocycles. The van der Waals surface area contributed by atoms with E-state index in [1.165, 1.54) is 23.9 Å². The van der Waals surface area contributed by atoms with Crippen LogP contribution in [0.15, 0.2) is 56.7 Å². The van der Waals surface area contributed by atoms with Gasteiger partial charge in [-0.2, -0.15) is 0 Å². The van der Waals surface area contributed by atoms with Gasteiger partial charge in [-0.1, -0.05) is 23.9 Å². The number of rotatable bonds is 4. The summed E-state index contributed by atoms with van der Waals surface area (Å²) in [5, 5.41) is 10.7. The highest BCUT2D eigenvalue weighted by Crippen LogP contribution is 2.34. The van der Waals surface area contributed by atoms with E-state index in [2.05, 4.69) is 15.9 Å². The lowest BCUT2D eigenvalue weighted by Crippen LogP contribution is -1.94. The summed E-state index contributed by atoms with van der Waals surface area (Å²) in [6.07, 6.45) is 0.502. The molecule has 4 nitrogen and oxygen atoms in total. The van der Waals surface area contributed by atoms with Crippen LogP contribution in [0.2, 0.25) is 0 Å². The minimum atomic E-state index is -0.559. The topological polar surface area (TPSA) is 60.2 Å². The molecule has 0 saturated carbocycles. The average Bonchev–Trinajstić information content (AvgIpc) is 2.41. The number of aldehydes is 1. The van der Waals surface area contributed by atoms with Crippen LogP contribution in [0.3, 0.4) is 0 Å². The van der Waals surface area contributed by atoms with Crippen LogP contribution in [-0.2, 0) is 0 Å². The van der Waals surface area contributed by atoms with Crippen molar-refractivity contribution < 1.29 is 9.72 Å². The Hall–Kier alpha value is -1.66. The first-order chi connectivity index (χ1) is 9.11. The molecular formula is C13H8BrNO3S. The standard InChI is InChI=1S/C13H8BrNO3S/c14-11-3-1-2-4-13(11)19-10-5-6-12(15(17)18)9(7-10)8-16/h1-8H. The van der Waals surface area contributed by atoms with Crippen LogP contribution in [0.25, 0.3) is 0 Å². The van der Waals surface area contributed by atoms with Gasteiger partial charge in [0.2, 0.25) is 0 Å². The van der Waals surface area contributed by atoms with E-state index in [1.807, 2.05) is 24.3 Å². The predicted molar refractivity (Wildman–Crippen MR) is 76.7 cm³/mol. The summed E-state index contributed by atoms with van der Waals surface area (Å²) >= 11 is 4.86. The van der Waals surface area contributed by atoms with Crippen molar-refractivity contribution in [2.75, 3.05) is 0 Å². The largest absolute Gasteiger partial charge is 0.298 e. The lowest BCUT2D eigenvalue weighted by molar-refractivity contribution is -0.385. The Balaban J connectivity index is 2.35. The molecule has 0 atom stereocenters. The second-order valence-corrected chi connectivity index (χ2v) is 5.60. The predicted octanol–water partition coefficient (Wildman–Crippen LogP) is 4.32. The summed E-state index contributed by atoms with van der Waals surface area (Å²) in [6.45, 7) is 0. The minimum Gasteiger partial charge on any atom is -0.298 e. The van der Waals surface area contributed by atoms with Crippen molar-refractivity contribution in [3.63, 3.8) is 0 Å². The van der Waals surface area contributed by atoms with Crippen molar-refractivity contribution >= 4 is 39.7 Å². The number of nitro benzene ring substituents is 1. The van der Waals surface area contributed by atoms with E-state index in [-0.39, 0.29) is 11.3 Å². The van der Waals surface area contributed by atoms with Crippen LogP contribution in [-0.4, -0.2) is 11.2 Å². The van der Waals surface area contributed by atoms with Gasteiger partial charge in [0.05, 0.1) is 10.5 Å². The van der Waals surface area contributed by atoms with Crippen LogP contribution < -0.4 is 0 Å². The zero-order valence-corrected chi connectivity index (χ0v) is 12.0. The maximum atomic E-state index is 10.9. The van der Waals surface area contributed by atoms with Crippen LogP contribution in [0.4, 0.5) is 5.69 Å². The molecule has 0 radical (unpaired) electrons. The van der Waals surface area contributed by atoms with E-state index < -0.39 is 4.92 Å². The van der Waals surface area contributed by atoms with Gasteiger partial charge in [-0.05, 0) is 40.2 Å². The van der Waals surface area contributed by atoms with Gasteiger partial charge < -0.3 is 0 Å². The van der Waals surface area contributed by atoms with Crippen LogP contribution in [0.1, 0.15) is 10.4 Å². The van der Waals surface area contributed by atoms with Gasteiger partial charge in [0, 0.05) is 20.3 Å². The summed E-state index contributed by atoms with van der Waals surface area (Å²) in [5.74, 6) is 0. The SMILES string of the molecule is O=Cc1cc(Sc2ccccc2Br)ccc1[N+](=O)[O-]. The highest BCUT2D eigenvalue weighted by atomic mass is 79.9. The zero-order valence-electron chi connectivity index (χ0n) is 9.58. The molecule has 2 aromatic carbocycles. The Morgan fingerprint density at radius 1 is 1.21 bits per heavy atom. The van der Waals surface area contributed by atoms with Crippen molar-refractivity contribution in [3.8, 4) is 0 Å². The molecule has 0 aliphatic carbocycles. The summed E-state index contributed by atoms with van der Waals surface area (Å²) in [7, 11) is 0. The average molecular weight is 338 g/mol. The first-order valence-corrected chi connectivity index (χ1v) is 6.89. The quantitative estimate of drug-likeness (QED) is 0.473.